The maximum atomic E-state index is 14.3. The van der Waals surface area contributed by atoms with Crippen LogP contribution in [0.1, 0.15) is 77.7 Å². The van der Waals surface area contributed by atoms with E-state index < -0.39 is 126 Å². The standard InChI is InChI=1S/C36H45NO17/c1-16-9-10-22-11-12-37-13-23(22)32(46)48-14-33(7)24-26(49-18(3)39)30(52-21(6)42)35(15-47-17(2)38)29(51-20(5)41)25(43)27(44)34(8,53-31(16)45)36(35,54-33)28(24)50-19(4)40/h11-13,16,24-30,43-44H,9-10,14-15H2,1-8H3. The molecule has 3 bridgehead atoms. The molecule has 296 valence electrons. The Hall–Kier alpha value is -4.68. The van der Waals surface area contributed by atoms with E-state index in [1.807, 2.05) is 0 Å². The molecule has 1 aromatic rings. The lowest BCUT2D eigenvalue weighted by atomic mass is 9.45. The SMILES string of the molecule is CC(=O)OCC12C(OC(C)=O)C(O)C(O)C3(C)OC(=O)C(C)CCc4ccncc4C(=O)OCC4(C)OC31C(OC(C)=O)C4C(OC(C)=O)C2OC(C)=O. The molecular weight excluding hydrogens is 718 g/mol. The predicted octanol–water partition coefficient (Wildman–Crippen LogP) is 0.292. The minimum absolute atomic E-state index is 0.0592. The number of rotatable bonds is 6. The number of aliphatic hydroxyl groups is 2. The van der Waals surface area contributed by atoms with Crippen molar-refractivity contribution in [3.05, 3.63) is 29.6 Å². The average Bonchev–Trinajstić information content (AvgIpc) is 3.29. The minimum atomic E-state index is -2.65. The summed E-state index contributed by atoms with van der Waals surface area (Å²) in [4.78, 5) is 96.9. The van der Waals surface area contributed by atoms with Gasteiger partial charge in [-0.15, -0.1) is 0 Å². The zero-order chi connectivity index (χ0) is 40.1. The molecule has 0 amide bonds. The van der Waals surface area contributed by atoms with Crippen LogP contribution in [-0.4, -0.2) is 124 Å². The lowest BCUT2D eigenvalue weighted by Crippen LogP contribution is -2.89. The van der Waals surface area contributed by atoms with E-state index in [9.17, 15) is 43.8 Å². The van der Waals surface area contributed by atoms with Crippen molar-refractivity contribution in [3.8, 4) is 0 Å². The van der Waals surface area contributed by atoms with Crippen LogP contribution >= 0.6 is 0 Å². The molecule has 2 aliphatic heterocycles. The number of aromatic nitrogens is 1. The van der Waals surface area contributed by atoms with Gasteiger partial charge in [0.1, 0.15) is 54.7 Å². The third-order valence-corrected chi connectivity index (χ3v) is 11.0. The van der Waals surface area contributed by atoms with Crippen molar-refractivity contribution < 1.29 is 81.7 Å². The molecule has 3 fully saturated rings. The number of hydrogen-bond donors (Lipinski definition) is 2. The number of esters is 7. The predicted molar refractivity (Wildman–Crippen MR) is 176 cm³/mol. The van der Waals surface area contributed by atoms with Crippen molar-refractivity contribution >= 4 is 41.8 Å². The number of cyclic esters (lactones) is 1. The molecule has 2 saturated carbocycles. The van der Waals surface area contributed by atoms with Crippen LogP contribution in [-0.2, 0) is 73.1 Å². The van der Waals surface area contributed by atoms with Crippen LogP contribution in [0, 0.1) is 17.3 Å². The molecule has 1 spiro atoms. The van der Waals surface area contributed by atoms with Crippen LogP contribution in [0.25, 0.3) is 0 Å². The summed E-state index contributed by atoms with van der Waals surface area (Å²) in [6.07, 6.45) is -9.17. The molecule has 18 nitrogen and oxygen atoms in total. The molecule has 0 aromatic carbocycles. The highest BCUT2D eigenvalue weighted by Crippen LogP contribution is 2.70. The van der Waals surface area contributed by atoms with Crippen LogP contribution < -0.4 is 0 Å². The number of carbonyl (C=O) groups is 7. The number of ether oxygens (including phenoxy) is 8. The Morgan fingerprint density at radius 2 is 1.46 bits per heavy atom. The average molecular weight is 764 g/mol. The summed E-state index contributed by atoms with van der Waals surface area (Å²) in [5.74, 6) is -9.28. The molecule has 2 N–H and O–H groups in total. The summed E-state index contributed by atoms with van der Waals surface area (Å²) >= 11 is 0. The number of fused-ring (bicyclic) bond motifs is 4. The second kappa shape index (κ2) is 14.5. The first kappa shape index (κ1) is 40.5. The van der Waals surface area contributed by atoms with Gasteiger partial charge in [-0.05, 0) is 38.3 Å². The molecule has 54 heavy (non-hydrogen) atoms. The largest absolute Gasteiger partial charge is 0.465 e. The lowest BCUT2D eigenvalue weighted by Gasteiger charge is -2.67. The molecule has 0 radical (unpaired) electrons. The molecular formula is C36H45NO17. The number of pyridine rings is 1. The smallest absolute Gasteiger partial charge is 0.340 e. The van der Waals surface area contributed by atoms with Gasteiger partial charge in [0.15, 0.2) is 17.3 Å². The highest BCUT2D eigenvalue weighted by atomic mass is 16.7. The molecule has 2 aliphatic carbocycles. The Morgan fingerprint density at radius 3 is 2.06 bits per heavy atom. The fourth-order valence-electron chi connectivity index (χ4n) is 8.91. The Labute approximate surface area is 310 Å². The quantitative estimate of drug-likeness (QED) is 0.292. The fourth-order valence-corrected chi connectivity index (χ4v) is 8.91. The van der Waals surface area contributed by atoms with Gasteiger partial charge in [0, 0.05) is 47.0 Å². The van der Waals surface area contributed by atoms with Crippen molar-refractivity contribution in [2.75, 3.05) is 13.2 Å². The number of aliphatic hydroxyl groups excluding tert-OH is 2. The molecule has 3 heterocycles. The van der Waals surface area contributed by atoms with Gasteiger partial charge >= 0.3 is 41.8 Å². The summed E-state index contributed by atoms with van der Waals surface area (Å²) in [5, 5.41) is 24.3. The topological polar surface area (TPSA) is 247 Å². The maximum absolute atomic E-state index is 14.3. The zero-order valence-electron chi connectivity index (χ0n) is 31.1. The van der Waals surface area contributed by atoms with Crippen molar-refractivity contribution in [3.63, 3.8) is 0 Å². The normalized spacial score (nSPS) is 38.6. The summed E-state index contributed by atoms with van der Waals surface area (Å²) < 4.78 is 48.3. The number of aryl methyl sites for hydroxylation is 1. The van der Waals surface area contributed by atoms with E-state index in [4.69, 9.17) is 37.9 Å². The van der Waals surface area contributed by atoms with Gasteiger partial charge in [-0.3, -0.25) is 33.8 Å². The van der Waals surface area contributed by atoms with Crippen molar-refractivity contribution in [2.24, 2.45) is 17.3 Å². The Balaban J connectivity index is 1.96. The van der Waals surface area contributed by atoms with E-state index in [0.29, 0.717) is 5.56 Å². The van der Waals surface area contributed by atoms with Gasteiger partial charge in [0.25, 0.3) is 0 Å². The van der Waals surface area contributed by atoms with Crippen LogP contribution in [0.4, 0.5) is 0 Å². The third-order valence-electron chi connectivity index (χ3n) is 11.0. The molecule has 4 aliphatic rings. The van der Waals surface area contributed by atoms with E-state index in [0.717, 1.165) is 34.6 Å². The highest BCUT2D eigenvalue weighted by molar-refractivity contribution is 5.90. The second-order valence-electron chi connectivity index (χ2n) is 14.7. The Bertz CT molecular complexity index is 1730. The van der Waals surface area contributed by atoms with E-state index in [1.165, 1.54) is 33.2 Å². The number of hydrogen-bond acceptors (Lipinski definition) is 18. The molecule has 1 aromatic heterocycles. The second-order valence-corrected chi connectivity index (χ2v) is 14.7. The van der Waals surface area contributed by atoms with E-state index in [2.05, 4.69) is 4.98 Å². The van der Waals surface area contributed by atoms with Crippen LogP contribution in [0.5, 0.6) is 0 Å². The summed E-state index contributed by atoms with van der Waals surface area (Å²) in [7, 11) is 0. The van der Waals surface area contributed by atoms with E-state index in [1.54, 1.807) is 6.07 Å². The summed E-state index contributed by atoms with van der Waals surface area (Å²) in [6.45, 7) is 7.37. The molecule has 1 saturated heterocycles. The Kier molecular flexibility index (Phi) is 10.9. The van der Waals surface area contributed by atoms with Gasteiger partial charge in [-0.1, -0.05) is 6.92 Å². The number of nitrogens with zero attached hydrogens (tertiary/aromatic N) is 1. The van der Waals surface area contributed by atoms with Gasteiger partial charge in [0.05, 0.1) is 17.4 Å². The summed E-state index contributed by atoms with van der Waals surface area (Å²) in [6, 6.07) is 1.58. The van der Waals surface area contributed by atoms with Gasteiger partial charge < -0.3 is 48.1 Å². The zero-order valence-corrected chi connectivity index (χ0v) is 31.1. The molecule has 18 heteroatoms. The van der Waals surface area contributed by atoms with Crippen molar-refractivity contribution in [2.45, 2.75) is 122 Å². The Morgan fingerprint density at radius 1 is 0.870 bits per heavy atom. The first-order chi connectivity index (χ1) is 25.2. The molecule has 5 rings (SSSR count). The summed E-state index contributed by atoms with van der Waals surface area (Å²) in [5.41, 5.74) is -9.25. The van der Waals surface area contributed by atoms with Crippen LogP contribution in [0.2, 0.25) is 0 Å². The molecule has 12 atom stereocenters. The molecule has 12 unspecified atom stereocenters. The van der Waals surface area contributed by atoms with Crippen LogP contribution in [0.15, 0.2) is 18.5 Å². The van der Waals surface area contributed by atoms with Crippen molar-refractivity contribution in [1.29, 1.82) is 0 Å². The monoisotopic (exact) mass is 763 g/mol. The first-order valence-corrected chi connectivity index (χ1v) is 17.4. The van der Waals surface area contributed by atoms with Gasteiger partial charge in [-0.2, -0.15) is 0 Å². The first-order valence-electron chi connectivity index (χ1n) is 17.4. The number of carbonyl (C=O) groups excluding carboxylic acids is 7. The maximum Gasteiger partial charge on any atom is 0.340 e. The van der Waals surface area contributed by atoms with Crippen molar-refractivity contribution in [1.82, 2.24) is 4.98 Å². The van der Waals surface area contributed by atoms with Crippen LogP contribution in [0.3, 0.4) is 0 Å². The van der Waals surface area contributed by atoms with Gasteiger partial charge in [-0.25, -0.2) is 4.79 Å². The van der Waals surface area contributed by atoms with E-state index in [-0.39, 0.29) is 18.4 Å². The lowest BCUT2D eigenvalue weighted by molar-refractivity contribution is -0.387. The third kappa shape index (κ3) is 6.36. The minimum Gasteiger partial charge on any atom is -0.465 e. The fraction of sp³-hybridized carbons (Fsp3) is 0.667. The van der Waals surface area contributed by atoms with E-state index >= 15 is 0 Å². The highest BCUT2D eigenvalue weighted by Gasteiger charge is 2.92. The van der Waals surface area contributed by atoms with Gasteiger partial charge in [0.2, 0.25) is 0 Å².